The lowest BCUT2D eigenvalue weighted by Crippen LogP contribution is -1.94. The molecule has 1 aromatic carbocycles. The zero-order valence-electron chi connectivity index (χ0n) is 9.64. The van der Waals surface area contributed by atoms with Crippen molar-refractivity contribution in [1.82, 2.24) is 9.97 Å². The Labute approximate surface area is 113 Å². The highest BCUT2D eigenvalue weighted by Crippen LogP contribution is 2.33. The van der Waals surface area contributed by atoms with Gasteiger partial charge >= 0.3 is 0 Å². The van der Waals surface area contributed by atoms with Crippen molar-refractivity contribution in [3.63, 3.8) is 0 Å². The molecule has 0 aliphatic carbocycles. The molecule has 0 aliphatic heterocycles. The van der Waals surface area contributed by atoms with Crippen LogP contribution in [-0.4, -0.2) is 16.2 Å². The van der Waals surface area contributed by atoms with E-state index in [1.807, 2.05) is 24.5 Å². The fourth-order valence-corrected chi connectivity index (χ4v) is 2.73. The van der Waals surface area contributed by atoms with Crippen LogP contribution >= 0.6 is 23.4 Å². The largest absolute Gasteiger partial charge is 0.383 e. The van der Waals surface area contributed by atoms with Gasteiger partial charge in [0, 0.05) is 21.9 Å². The lowest BCUT2D eigenvalue weighted by Gasteiger charge is -2.08. The third kappa shape index (κ3) is 1.69. The number of pyridine rings is 2. The number of anilines is 1. The Morgan fingerprint density at radius 2 is 2.06 bits per heavy atom. The first kappa shape index (κ1) is 11.6. The molecule has 3 aromatic rings. The molecule has 5 heteroatoms. The molecule has 2 heterocycles. The minimum Gasteiger partial charge on any atom is -0.383 e. The Bertz CT molecular complexity index is 758. The van der Waals surface area contributed by atoms with E-state index in [-0.39, 0.29) is 0 Å². The van der Waals surface area contributed by atoms with Crippen molar-refractivity contribution in [3.8, 4) is 0 Å². The molecule has 0 saturated carbocycles. The molecular weight excluding hydrogens is 266 g/mol. The zero-order valence-corrected chi connectivity index (χ0v) is 11.2. The standard InChI is InChI=1S/C13H10ClN3S/c1-18-7-2-3-8-9(6-7)11-10(17-13(8)15)4-5-16-12(11)14/h2-6H,1H3,(H2,15,17). The first-order valence-electron chi connectivity index (χ1n) is 5.38. The van der Waals surface area contributed by atoms with Crippen LogP contribution in [0.1, 0.15) is 0 Å². The Kier molecular flexibility index (Phi) is 2.76. The van der Waals surface area contributed by atoms with Crippen LogP contribution in [0.5, 0.6) is 0 Å². The van der Waals surface area contributed by atoms with Gasteiger partial charge in [-0.05, 0) is 35.9 Å². The number of nitrogen functional groups attached to an aromatic ring is 1. The predicted octanol–water partition coefficient (Wildman–Crippen LogP) is 3.74. The van der Waals surface area contributed by atoms with Crippen LogP contribution in [0.25, 0.3) is 21.7 Å². The van der Waals surface area contributed by atoms with Gasteiger partial charge in [0.2, 0.25) is 0 Å². The molecule has 0 amide bonds. The van der Waals surface area contributed by atoms with Crippen molar-refractivity contribution in [3.05, 3.63) is 35.6 Å². The number of rotatable bonds is 1. The topological polar surface area (TPSA) is 51.8 Å². The van der Waals surface area contributed by atoms with E-state index < -0.39 is 0 Å². The maximum atomic E-state index is 6.19. The van der Waals surface area contributed by atoms with Gasteiger partial charge in [0.05, 0.1) is 5.52 Å². The molecule has 0 unspecified atom stereocenters. The van der Waals surface area contributed by atoms with Gasteiger partial charge in [0.25, 0.3) is 0 Å². The summed E-state index contributed by atoms with van der Waals surface area (Å²) < 4.78 is 0. The van der Waals surface area contributed by atoms with E-state index in [0.29, 0.717) is 11.0 Å². The summed E-state index contributed by atoms with van der Waals surface area (Å²) in [4.78, 5) is 9.65. The Morgan fingerprint density at radius 1 is 1.22 bits per heavy atom. The second-order valence-corrected chi connectivity index (χ2v) is 5.14. The molecule has 0 bridgehead atoms. The number of benzene rings is 1. The van der Waals surface area contributed by atoms with Gasteiger partial charge < -0.3 is 5.73 Å². The normalized spacial score (nSPS) is 11.2. The van der Waals surface area contributed by atoms with E-state index in [0.717, 1.165) is 26.6 Å². The summed E-state index contributed by atoms with van der Waals surface area (Å²) in [6.07, 6.45) is 3.68. The summed E-state index contributed by atoms with van der Waals surface area (Å²) in [5.74, 6) is 0.521. The van der Waals surface area contributed by atoms with E-state index in [2.05, 4.69) is 16.0 Å². The first-order chi connectivity index (χ1) is 8.70. The number of thioether (sulfide) groups is 1. The maximum Gasteiger partial charge on any atom is 0.139 e. The SMILES string of the molecule is CSc1ccc2c(N)nc3ccnc(Cl)c3c2c1. The monoisotopic (exact) mass is 275 g/mol. The van der Waals surface area contributed by atoms with Gasteiger partial charge in [-0.3, -0.25) is 0 Å². The molecule has 3 nitrogen and oxygen atoms in total. The van der Waals surface area contributed by atoms with Gasteiger partial charge in [-0.2, -0.15) is 0 Å². The Morgan fingerprint density at radius 3 is 2.83 bits per heavy atom. The maximum absolute atomic E-state index is 6.19. The third-order valence-corrected chi connectivity index (χ3v) is 3.91. The summed E-state index contributed by atoms with van der Waals surface area (Å²) in [5, 5.41) is 3.24. The summed E-state index contributed by atoms with van der Waals surface area (Å²) >= 11 is 7.86. The van der Waals surface area contributed by atoms with E-state index in [1.165, 1.54) is 0 Å². The molecule has 0 aliphatic rings. The minimum atomic E-state index is 0.461. The molecular formula is C13H10ClN3S. The highest BCUT2D eigenvalue weighted by Gasteiger charge is 2.10. The zero-order chi connectivity index (χ0) is 12.7. The van der Waals surface area contributed by atoms with E-state index in [4.69, 9.17) is 17.3 Å². The second kappa shape index (κ2) is 4.30. The summed E-state index contributed by atoms with van der Waals surface area (Å²) in [6, 6.07) is 7.91. The van der Waals surface area contributed by atoms with Crippen LogP contribution in [0.2, 0.25) is 5.15 Å². The van der Waals surface area contributed by atoms with Crippen LogP contribution in [0.3, 0.4) is 0 Å². The second-order valence-electron chi connectivity index (χ2n) is 3.90. The molecule has 90 valence electrons. The highest BCUT2D eigenvalue weighted by atomic mass is 35.5. The number of halogens is 1. The molecule has 0 radical (unpaired) electrons. The summed E-state index contributed by atoms with van der Waals surface area (Å²) in [5.41, 5.74) is 6.76. The van der Waals surface area contributed by atoms with Crippen molar-refractivity contribution in [2.75, 3.05) is 12.0 Å². The third-order valence-electron chi connectivity index (χ3n) is 2.90. The van der Waals surface area contributed by atoms with Crippen molar-refractivity contribution < 1.29 is 0 Å². The quantitative estimate of drug-likeness (QED) is 0.418. The number of hydrogen-bond acceptors (Lipinski definition) is 4. The lowest BCUT2D eigenvalue weighted by molar-refractivity contribution is 1.34. The predicted molar refractivity (Wildman–Crippen MR) is 78.2 cm³/mol. The van der Waals surface area contributed by atoms with Crippen LogP contribution in [0, 0.1) is 0 Å². The fraction of sp³-hybridized carbons (Fsp3) is 0.0769. The number of aromatic nitrogens is 2. The van der Waals surface area contributed by atoms with Crippen LogP contribution in [0.4, 0.5) is 5.82 Å². The summed E-state index contributed by atoms with van der Waals surface area (Å²) in [6.45, 7) is 0. The van der Waals surface area contributed by atoms with Gasteiger partial charge in [0.15, 0.2) is 0 Å². The van der Waals surface area contributed by atoms with E-state index >= 15 is 0 Å². The average molecular weight is 276 g/mol. The molecule has 0 spiro atoms. The average Bonchev–Trinajstić information content (AvgIpc) is 2.38. The van der Waals surface area contributed by atoms with Gasteiger partial charge in [-0.15, -0.1) is 11.8 Å². The van der Waals surface area contributed by atoms with Crippen LogP contribution in [0.15, 0.2) is 35.4 Å². The van der Waals surface area contributed by atoms with Crippen molar-refractivity contribution in [2.24, 2.45) is 0 Å². The fourth-order valence-electron chi connectivity index (χ4n) is 2.04. The number of fused-ring (bicyclic) bond motifs is 3. The molecule has 0 fully saturated rings. The van der Waals surface area contributed by atoms with Gasteiger partial charge in [-0.1, -0.05) is 11.6 Å². The van der Waals surface area contributed by atoms with Crippen molar-refractivity contribution in [2.45, 2.75) is 4.90 Å². The van der Waals surface area contributed by atoms with Gasteiger partial charge in [0.1, 0.15) is 11.0 Å². The smallest absolute Gasteiger partial charge is 0.139 e. The lowest BCUT2D eigenvalue weighted by atomic mass is 10.1. The summed E-state index contributed by atoms with van der Waals surface area (Å²) in [7, 11) is 0. The molecule has 2 N–H and O–H groups in total. The molecule has 2 aromatic heterocycles. The van der Waals surface area contributed by atoms with E-state index in [9.17, 15) is 0 Å². The number of nitrogens with zero attached hydrogens (tertiary/aromatic N) is 2. The Balaban J connectivity index is 2.56. The van der Waals surface area contributed by atoms with Gasteiger partial charge in [-0.25, -0.2) is 9.97 Å². The Hall–Kier alpha value is -1.52. The van der Waals surface area contributed by atoms with Crippen molar-refractivity contribution >= 4 is 50.9 Å². The number of nitrogens with two attached hydrogens (primary N) is 1. The van der Waals surface area contributed by atoms with E-state index in [1.54, 1.807) is 18.0 Å². The molecule has 0 atom stereocenters. The molecule has 18 heavy (non-hydrogen) atoms. The van der Waals surface area contributed by atoms with Crippen molar-refractivity contribution in [1.29, 1.82) is 0 Å². The number of hydrogen-bond donors (Lipinski definition) is 1. The van der Waals surface area contributed by atoms with Crippen LogP contribution < -0.4 is 5.73 Å². The first-order valence-corrected chi connectivity index (χ1v) is 6.98. The molecule has 3 rings (SSSR count). The highest BCUT2D eigenvalue weighted by molar-refractivity contribution is 7.98. The van der Waals surface area contributed by atoms with Crippen LogP contribution in [-0.2, 0) is 0 Å². The molecule has 0 saturated heterocycles. The minimum absolute atomic E-state index is 0.461.